The standard InChI is InChI=1S/C25H23NO2/c1-27-24-16-22(23-15-19-10-6-7-11-21(19)17-26-23)14-20(25(24)28-2)13-12-18-8-4-3-5-9-18/h3-11,14-17H,12-13H2,1-2H3. The first-order valence-corrected chi connectivity index (χ1v) is 9.42. The van der Waals surface area contributed by atoms with Gasteiger partial charge in [-0.2, -0.15) is 0 Å². The van der Waals surface area contributed by atoms with Crippen molar-refractivity contribution in [3.05, 3.63) is 90.1 Å². The summed E-state index contributed by atoms with van der Waals surface area (Å²) >= 11 is 0. The lowest BCUT2D eigenvalue weighted by molar-refractivity contribution is 0.352. The summed E-state index contributed by atoms with van der Waals surface area (Å²) in [6.07, 6.45) is 3.73. The number of hydrogen-bond acceptors (Lipinski definition) is 3. The number of pyridine rings is 1. The van der Waals surface area contributed by atoms with Crippen molar-refractivity contribution in [2.75, 3.05) is 14.2 Å². The van der Waals surface area contributed by atoms with Crippen LogP contribution in [0.15, 0.2) is 79.0 Å². The maximum atomic E-state index is 5.67. The van der Waals surface area contributed by atoms with Gasteiger partial charge >= 0.3 is 0 Å². The number of fused-ring (bicyclic) bond motifs is 1. The third-order valence-electron chi connectivity index (χ3n) is 5.01. The van der Waals surface area contributed by atoms with Gasteiger partial charge in [-0.3, -0.25) is 4.98 Å². The molecule has 4 aromatic rings. The number of aromatic nitrogens is 1. The molecule has 3 aromatic carbocycles. The van der Waals surface area contributed by atoms with E-state index in [9.17, 15) is 0 Å². The summed E-state index contributed by atoms with van der Waals surface area (Å²) in [4.78, 5) is 4.67. The Kier molecular flexibility index (Phi) is 5.24. The third kappa shape index (κ3) is 3.70. The van der Waals surface area contributed by atoms with Gasteiger partial charge in [-0.25, -0.2) is 0 Å². The number of aryl methyl sites for hydroxylation is 2. The molecule has 0 bridgehead atoms. The first kappa shape index (κ1) is 18.1. The van der Waals surface area contributed by atoms with Crippen molar-refractivity contribution < 1.29 is 9.47 Å². The van der Waals surface area contributed by atoms with Crippen LogP contribution >= 0.6 is 0 Å². The molecule has 0 aliphatic rings. The lowest BCUT2D eigenvalue weighted by Crippen LogP contribution is -2.00. The fraction of sp³-hybridized carbons (Fsp3) is 0.160. The van der Waals surface area contributed by atoms with E-state index in [4.69, 9.17) is 9.47 Å². The van der Waals surface area contributed by atoms with Gasteiger partial charge in [0.2, 0.25) is 0 Å². The molecular formula is C25H23NO2. The molecule has 0 spiro atoms. The molecule has 3 heteroatoms. The minimum Gasteiger partial charge on any atom is -0.493 e. The van der Waals surface area contributed by atoms with E-state index in [2.05, 4.69) is 53.5 Å². The van der Waals surface area contributed by atoms with Crippen LogP contribution in [0.2, 0.25) is 0 Å². The second kappa shape index (κ2) is 8.13. The second-order valence-electron chi connectivity index (χ2n) is 6.77. The van der Waals surface area contributed by atoms with E-state index in [1.807, 2.05) is 30.5 Å². The van der Waals surface area contributed by atoms with Gasteiger partial charge in [0, 0.05) is 17.1 Å². The first-order valence-electron chi connectivity index (χ1n) is 9.42. The molecule has 0 amide bonds. The maximum Gasteiger partial charge on any atom is 0.163 e. The number of hydrogen-bond donors (Lipinski definition) is 0. The quantitative estimate of drug-likeness (QED) is 0.437. The molecule has 1 aromatic heterocycles. The Morgan fingerprint density at radius 3 is 2.25 bits per heavy atom. The number of rotatable bonds is 6. The molecule has 0 fully saturated rings. The van der Waals surface area contributed by atoms with E-state index in [1.165, 1.54) is 10.9 Å². The van der Waals surface area contributed by atoms with E-state index in [0.717, 1.165) is 46.5 Å². The van der Waals surface area contributed by atoms with Crippen LogP contribution in [0.5, 0.6) is 11.5 Å². The Morgan fingerprint density at radius 2 is 1.50 bits per heavy atom. The van der Waals surface area contributed by atoms with Crippen molar-refractivity contribution in [1.29, 1.82) is 0 Å². The minimum absolute atomic E-state index is 0.734. The molecule has 0 N–H and O–H groups in total. The van der Waals surface area contributed by atoms with Crippen LogP contribution < -0.4 is 9.47 Å². The Bertz CT molecular complexity index is 1090. The van der Waals surface area contributed by atoms with Gasteiger partial charge in [0.1, 0.15) is 0 Å². The molecule has 28 heavy (non-hydrogen) atoms. The molecular weight excluding hydrogens is 346 g/mol. The average molecular weight is 369 g/mol. The van der Waals surface area contributed by atoms with Crippen LogP contribution in [0.4, 0.5) is 0 Å². The molecule has 0 aliphatic carbocycles. The van der Waals surface area contributed by atoms with Crippen molar-refractivity contribution in [2.24, 2.45) is 0 Å². The molecule has 0 radical (unpaired) electrons. The highest BCUT2D eigenvalue weighted by molar-refractivity contribution is 5.85. The molecule has 0 saturated heterocycles. The van der Waals surface area contributed by atoms with Crippen LogP contribution in [0, 0.1) is 0 Å². The molecule has 1 heterocycles. The molecule has 4 rings (SSSR count). The summed E-state index contributed by atoms with van der Waals surface area (Å²) in [7, 11) is 3.37. The van der Waals surface area contributed by atoms with Crippen molar-refractivity contribution in [3.8, 4) is 22.8 Å². The van der Waals surface area contributed by atoms with Gasteiger partial charge in [-0.1, -0.05) is 54.6 Å². The first-order chi connectivity index (χ1) is 13.8. The van der Waals surface area contributed by atoms with Crippen molar-refractivity contribution >= 4 is 10.8 Å². The molecule has 3 nitrogen and oxygen atoms in total. The van der Waals surface area contributed by atoms with Crippen LogP contribution in [0.3, 0.4) is 0 Å². The summed E-state index contributed by atoms with van der Waals surface area (Å²) in [6.45, 7) is 0. The highest BCUT2D eigenvalue weighted by Crippen LogP contribution is 2.37. The molecule has 140 valence electrons. The lowest BCUT2D eigenvalue weighted by Gasteiger charge is -2.15. The fourth-order valence-corrected chi connectivity index (χ4v) is 3.54. The van der Waals surface area contributed by atoms with Crippen molar-refractivity contribution in [2.45, 2.75) is 12.8 Å². The Labute approximate surface area is 165 Å². The predicted octanol–water partition coefficient (Wildman–Crippen LogP) is 5.70. The lowest BCUT2D eigenvalue weighted by atomic mass is 9.99. The number of nitrogens with zero attached hydrogens (tertiary/aromatic N) is 1. The normalized spacial score (nSPS) is 10.8. The smallest absolute Gasteiger partial charge is 0.163 e. The maximum absolute atomic E-state index is 5.67. The fourth-order valence-electron chi connectivity index (χ4n) is 3.54. The van der Waals surface area contributed by atoms with Gasteiger partial charge in [-0.15, -0.1) is 0 Å². The molecule has 0 aliphatic heterocycles. The number of benzene rings is 3. The summed E-state index contributed by atoms with van der Waals surface area (Å²) in [5, 5.41) is 2.31. The van der Waals surface area contributed by atoms with Crippen LogP contribution in [0.1, 0.15) is 11.1 Å². The molecule has 0 saturated carbocycles. The third-order valence-corrected chi connectivity index (χ3v) is 5.01. The Morgan fingerprint density at radius 1 is 0.750 bits per heavy atom. The number of methoxy groups -OCH3 is 2. The summed E-state index contributed by atoms with van der Waals surface area (Å²) in [6, 6.07) is 25.0. The predicted molar refractivity (Wildman–Crippen MR) is 114 cm³/mol. The van der Waals surface area contributed by atoms with Crippen molar-refractivity contribution in [1.82, 2.24) is 4.98 Å². The van der Waals surface area contributed by atoms with E-state index in [0.29, 0.717) is 0 Å². The van der Waals surface area contributed by atoms with E-state index in [1.54, 1.807) is 14.2 Å². The van der Waals surface area contributed by atoms with Gasteiger partial charge in [0.15, 0.2) is 11.5 Å². The van der Waals surface area contributed by atoms with Crippen LogP contribution in [-0.2, 0) is 12.8 Å². The second-order valence-corrected chi connectivity index (χ2v) is 6.77. The van der Waals surface area contributed by atoms with E-state index < -0.39 is 0 Å². The summed E-state index contributed by atoms with van der Waals surface area (Å²) in [5.74, 6) is 1.53. The topological polar surface area (TPSA) is 31.4 Å². The minimum atomic E-state index is 0.734. The van der Waals surface area contributed by atoms with Gasteiger partial charge < -0.3 is 9.47 Å². The van der Waals surface area contributed by atoms with Crippen molar-refractivity contribution in [3.63, 3.8) is 0 Å². The molecule has 0 unspecified atom stereocenters. The largest absolute Gasteiger partial charge is 0.493 e. The van der Waals surface area contributed by atoms with Crippen LogP contribution in [0.25, 0.3) is 22.0 Å². The average Bonchev–Trinajstić information content (AvgIpc) is 2.77. The summed E-state index contributed by atoms with van der Waals surface area (Å²) in [5.41, 5.74) is 4.39. The van der Waals surface area contributed by atoms with Crippen LogP contribution in [-0.4, -0.2) is 19.2 Å². The Hall–Kier alpha value is -3.33. The van der Waals surface area contributed by atoms with Gasteiger partial charge in [0.25, 0.3) is 0 Å². The molecule has 0 atom stereocenters. The summed E-state index contributed by atoms with van der Waals surface area (Å²) < 4.78 is 11.3. The highest BCUT2D eigenvalue weighted by atomic mass is 16.5. The zero-order valence-corrected chi connectivity index (χ0v) is 16.2. The highest BCUT2D eigenvalue weighted by Gasteiger charge is 2.14. The number of ether oxygens (including phenoxy) is 2. The van der Waals surface area contributed by atoms with Gasteiger partial charge in [0.05, 0.1) is 19.9 Å². The SMILES string of the molecule is COc1cc(-c2cc3ccccc3cn2)cc(CCc2ccccc2)c1OC. The monoisotopic (exact) mass is 369 g/mol. The Balaban J connectivity index is 1.74. The van der Waals surface area contributed by atoms with E-state index in [-0.39, 0.29) is 0 Å². The van der Waals surface area contributed by atoms with E-state index >= 15 is 0 Å². The zero-order valence-electron chi connectivity index (χ0n) is 16.2. The zero-order chi connectivity index (χ0) is 19.3. The van der Waals surface area contributed by atoms with Gasteiger partial charge in [-0.05, 0) is 47.6 Å².